The molecular weight excluding hydrogens is 340 g/mol. The number of carbonyl (C=O) groups excluding carboxylic acids is 2. The van der Waals surface area contributed by atoms with Crippen LogP contribution in [0.25, 0.3) is 0 Å². The number of nitrogens with one attached hydrogen (secondary N) is 2. The Hall–Kier alpha value is -2.19. The standard InChI is InChI=1S/C17H22N4O3S/c1-24-7-6-18-16(22)12-4-5-14-15(20-11-21(14)10-12)17(23)19-9-13-3-2-8-25-13/h2-3,8,11-12H,4-7,9-10H2,1H3,(H,18,22)(H,19,23). The van der Waals surface area contributed by atoms with Crippen LogP contribution in [0, 0.1) is 5.92 Å². The minimum Gasteiger partial charge on any atom is -0.383 e. The number of imidazole rings is 1. The van der Waals surface area contributed by atoms with Gasteiger partial charge in [-0.2, -0.15) is 0 Å². The number of aromatic nitrogens is 2. The number of methoxy groups -OCH3 is 1. The lowest BCUT2D eigenvalue weighted by Crippen LogP contribution is -2.37. The molecule has 1 aliphatic heterocycles. The van der Waals surface area contributed by atoms with Gasteiger partial charge in [0.25, 0.3) is 5.91 Å². The Morgan fingerprint density at radius 1 is 1.44 bits per heavy atom. The maximum atomic E-state index is 12.4. The maximum absolute atomic E-state index is 12.4. The van der Waals surface area contributed by atoms with Gasteiger partial charge in [0.2, 0.25) is 5.91 Å². The highest BCUT2D eigenvalue weighted by Crippen LogP contribution is 2.22. The number of hydrogen-bond donors (Lipinski definition) is 2. The van der Waals surface area contributed by atoms with E-state index in [1.807, 2.05) is 22.1 Å². The molecule has 2 aromatic rings. The fraction of sp³-hybridized carbons (Fsp3) is 0.471. The number of amides is 2. The third-order valence-electron chi connectivity index (χ3n) is 4.29. The van der Waals surface area contributed by atoms with Crippen LogP contribution in [-0.2, 0) is 29.0 Å². The Balaban J connectivity index is 1.58. The van der Waals surface area contributed by atoms with Crippen molar-refractivity contribution in [2.24, 2.45) is 5.92 Å². The van der Waals surface area contributed by atoms with E-state index in [0.29, 0.717) is 38.4 Å². The summed E-state index contributed by atoms with van der Waals surface area (Å²) in [5.41, 5.74) is 1.37. The van der Waals surface area contributed by atoms with Crippen LogP contribution in [0.15, 0.2) is 23.8 Å². The van der Waals surface area contributed by atoms with Crippen molar-refractivity contribution < 1.29 is 14.3 Å². The first-order valence-electron chi connectivity index (χ1n) is 8.30. The molecule has 0 saturated heterocycles. The fourth-order valence-electron chi connectivity index (χ4n) is 2.96. The predicted octanol–water partition coefficient (Wildman–Crippen LogP) is 1.20. The fourth-order valence-corrected chi connectivity index (χ4v) is 3.60. The summed E-state index contributed by atoms with van der Waals surface area (Å²) in [5, 5.41) is 7.77. The van der Waals surface area contributed by atoms with E-state index in [4.69, 9.17) is 4.74 Å². The molecule has 0 bridgehead atoms. The number of fused-ring (bicyclic) bond motifs is 1. The summed E-state index contributed by atoms with van der Waals surface area (Å²) >= 11 is 1.61. The summed E-state index contributed by atoms with van der Waals surface area (Å²) in [7, 11) is 1.61. The molecule has 3 rings (SSSR count). The summed E-state index contributed by atoms with van der Waals surface area (Å²) < 4.78 is 6.86. The molecule has 8 heteroatoms. The minimum absolute atomic E-state index is 0.0279. The quantitative estimate of drug-likeness (QED) is 0.725. The lowest BCUT2D eigenvalue weighted by molar-refractivity contribution is -0.126. The van der Waals surface area contributed by atoms with Crippen molar-refractivity contribution in [1.29, 1.82) is 0 Å². The Morgan fingerprint density at radius 2 is 2.32 bits per heavy atom. The lowest BCUT2D eigenvalue weighted by Gasteiger charge is -2.23. The Morgan fingerprint density at radius 3 is 3.08 bits per heavy atom. The van der Waals surface area contributed by atoms with Crippen molar-refractivity contribution in [3.63, 3.8) is 0 Å². The highest BCUT2D eigenvalue weighted by atomic mass is 32.1. The maximum Gasteiger partial charge on any atom is 0.272 e. The summed E-state index contributed by atoms with van der Waals surface area (Å²) in [5.74, 6) is -0.231. The van der Waals surface area contributed by atoms with Crippen LogP contribution >= 0.6 is 11.3 Å². The number of hydrogen-bond acceptors (Lipinski definition) is 5. The van der Waals surface area contributed by atoms with E-state index in [1.165, 1.54) is 0 Å². The highest BCUT2D eigenvalue weighted by Gasteiger charge is 2.28. The van der Waals surface area contributed by atoms with Crippen molar-refractivity contribution in [2.45, 2.75) is 25.9 Å². The normalized spacial score (nSPS) is 16.3. The predicted molar refractivity (Wildman–Crippen MR) is 94.4 cm³/mol. The van der Waals surface area contributed by atoms with E-state index >= 15 is 0 Å². The van der Waals surface area contributed by atoms with E-state index < -0.39 is 0 Å². The second-order valence-electron chi connectivity index (χ2n) is 5.97. The SMILES string of the molecule is COCCNC(=O)C1CCc2c(C(=O)NCc3cccs3)ncn2C1. The van der Waals surface area contributed by atoms with Crippen LogP contribution in [0.3, 0.4) is 0 Å². The van der Waals surface area contributed by atoms with E-state index in [9.17, 15) is 9.59 Å². The van der Waals surface area contributed by atoms with Gasteiger partial charge in [0.05, 0.1) is 31.1 Å². The monoisotopic (exact) mass is 362 g/mol. The molecule has 0 saturated carbocycles. The van der Waals surface area contributed by atoms with Gasteiger partial charge in [0, 0.05) is 25.1 Å². The van der Waals surface area contributed by atoms with E-state index in [0.717, 1.165) is 17.0 Å². The molecule has 0 radical (unpaired) electrons. The molecule has 1 atom stereocenters. The van der Waals surface area contributed by atoms with Gasteiger partial charge >= 0.3 is 0 Å². The summed E-state index contributed by atoms with van der Waals surface area (Å²) in [4.78, 5) is 29.9. The van der Waals surface area contributed by atoms with Gasteiger partial charge in [-0.15, -0.1) is 11.3 Å². The topological polar surface area (TPSA) is 85.2 Å². The van der Waals surface area contributed by atoms with Crippen LogP contribution in [0.4, 0.5) is 0 Å². The average Bonchev–Trinajstić information content (AvgIpc) is 3.28. The molecular formula is C17H22N4O3S. The first-order valence-corrected chi connectivity index (χ1v) is 9.18. The number of thiophene rings is 1. The zero-order valence-corrected chi connectivity index (χ0v) is 15.0. The molecule has 0 spiro atoms. The van der Waals surface area contributed by atoms with Gasteiger partial charge in [-0.3, -0.25) is 9.59 Å². The summed E-state index contributed by atoms with van der Waals surface area (Å²) in [6, 6.07) is 3.95. The zero-order chi connectivity index (χ0) is 17.6. The molecule has 1 unspecified atom stereocenters. The van der Waals surface area contributed by atoms with Gasteiger partial charge in [-0.25, -0.2) is 4.98 Å². The van der Waals surface area contributed by atoms with Crippen molar-refractivity contribution in [2.75, 3.05) is 20.3 Å². The number of nitrogens with zero attached hydrogens (tertiary/aromatic N) is 2. The minimum atomic E-state index is -0.162. The molecule has 1 aliphatic rings. The second kappa shape index (κ2) is 8.26. The lowest BCUT2D eigenvalue weighted by atomic mass is 9.96. The molecule has 2 N–H and O–H groups in total. The molecule has 2 aromatic heterocycles. The van der Waals surface area contributed by atoms with Crippen LogP contribution in [0.5, 0.6) is 0 Å². The average molecular weight is 362 g/mol. The van der Waals surface area contributed by atoms with Crippen molar-refractivity contribution >= 4 is 23.2 Å². The highest BCUT2D eigenvalue weighted by molar-refractivity contribution is 7.09. The number of carbonyl (C=O) groups is 2. The molecule has 7 nitrogen and oxygen atoms in total. The van der Waals surface area contributed by atoms with Gasteiger partial charge in [-0.1, -0.05) is 6.07 Å². The first kappa shape index (κ1) is 17.6. The van der Waals surface area contributed by atoms with Crippen LogP contribution in [0.1, 0.15) is 27.5 Å². The third-order valence-corrected chi connectivity index (χ3v) is 5.16. The van der Waals surface area contributed by atoms with Gasteiger partial charge in [0.1, 0.15) is 5.69 Å². The Kier molecular flexibility index (Phi) is 5.83. The van der Waals surface area contributed by atoms with Gasteiger partial charge in [-0.05, 0) is 24.3 Å². The van der Waals surface area contributed by atoms with Gasteiger partial charge < -0.3 is 19.9 Å². The summed E-state index contributed by atoms with van der Waals surface area (Å²) in [6.07, 6.45) is 3.05. The smallest absolute Gasteiger partial charge is 0.272 e. The number of rotatable bonds is 7. The van der Waals surface area contributed by atoms with Crippen molar-refractivity contribution in [1.82, 2.24) is 20.2 Å². The van der Waals surface area contributed by atoms with E-state index in [1.54, 1.807) is 24.8 Å². The first-order chi connectivity index (χ1) is 12.2. The molecule has 0 aromatic carbocycles. The molecule has 0 aliphatic carbocycles. The van der Waals surface area contributed by atoms with Crippen LogP contribution < -0.4 is 10.6 Å². The third kappa shape index (κ3) is 4.26. The van der Waals surface area contributed by atoms with Crippen LogP contribution in [-0.4, -0.2) is 41.6 Å². The van der Waals surface area contributed by atoms with Crippen molar-refractivity contribution in [3.05, 3.63) is 40.1 Å². The largest absolute Gasteiger partial charge is 0.383 e. The summed E-state index contributed by atoms with van der Waals surface area (Å²) in [6.45, 7) is 2.08. The Labute approximate surface area is 150 Å². The second-order valence-corrected chi connectivity index (χ2v) is 7.01. The molecule has 25 heavy (non-hydrogen) atoms. The van der Waals surface area contributed by atoms with Crippen molar-refractivity contribution in [3.8, 4) is 0 Å². The van der Waals surface area contributed by atoms with Crippen LogP contribution in [0.2, 0.25) is 0 Å². The molecule has 3 heterocycles. The molecule has 2 amide bonds. The number of ether oxygens (including phenoxy) is 1. The molecule has 134 valence electrons. The van der Waals surface area contributed by atoms with Gasteiger partial charge in [0.15, 0.2) is 0 Å². The zero-order valence-electron chi connectivity index (χ0n) is 14.2. The van der Waals surface area contributed by atoms with E-state index in [-0.39, 0.29) is 17.7 Å². The molecule has 0 fully saturated rings. The Bertz CT molecular complexity index is 726. The van der Waals surface area contributed by atoms with E-state index in [2.05, 4.69) is 15.6 Å².